The summed E-state index contributed by atoms with van der Waals surface area (Å²) in [6.07, 6.45) is 6.63. The summed E-state index contributed by atoms with van der Waals surface area (Å²) in [7, 11) is 8.13. The Morgan fingerprint density at radius 2 is 1.76 bits per heavy atom. The minimum atomic E-state index is -0.769. The molecular formula is C23H43N3O3. The van der Waals surface area contributed by atoms with Crippen molar-refractivity contribution in [3.63, 3.8) is 0 Å². The molecular weight excluding hydrogens is 366 g/mol. The number of nitrogens with two attached hydrogens (primary N) is 2. The van der Waals surface area contributed by atoms with E-state index in [0.29, 0.717) is 11.8 Å². The molecule has 1 heterocycles. The predicted octanol–water partition coefficient (Wildman–Crippen LogP) is 0.473. The number of quaternary nitrogens is 2. The monoisotopic (exact) mass is 409 g/mol. The summed E-state index contributed by atoms with van der Waals surface area (Å²) >= 11 is 0. The highest BCUT2D eigenvalue weighted by atomic mass is 16.5. The Morgan fingerprint density at radius 3 is 2.34 bits per heavy atom. The molecule has 3 fully saturated rings. The topological polar surface area (TPSA) is 91.8 Å². The molecule has 0 aromatic rings. The Labute approximate surface area is 176 Å². The largest absolute Gasteiger partial charge is 0.474 e. The molecule has 6 N–H and O–H groups in total. The lowest BCUT2D eigenvalue weighted by molar-refractivity contribution is -0.678. The zero-order chi connectivity index (χ0) is 21.7. The van der Waals surface area contributed by atoms with Crippen LogP contribution in [0.1, 0.15) is 73.1 Å². The number of carbonyl (C=O) groups is 1. The fourth-order valence-electron chi connectivity index (χ4n) is 6.80. The molecule has 29 heavy (non-hydrogen) atoms. The summed E-state index contributed by atoms with van der Waals surface area (Å²) in [5, 5.41) is 18.3. The number of amides is 1. The quantitative estimate of drug-likeness (QED) is 0.380. The first-order valence-corrected chi connectivity index (χ1v) is 11.3. The molecule has 3 rings (SSSR count). The number of carbonyl (C=O) groups excluding carboxylic acids is 1. The van der Waals surface area contributed by atoms with Gasteiger partial charge in [-0.25, -0.2) is 0 Å². The van der Waals surface area contributed by atoms with Gasteiger partial charge >= 0.3 is 0 Å². The van der Waals surface area contributed by atoms with Gasteiger partial charge in [-0.15, -0.1) is 0 Å². The number of fused-ring (bicyclic) bond motifs is 1. The zero-order valence-electron chi connectivity index (χ0n) is 19.0. The second-order valence-electron chi connectivity index (χ2n) is 11.1. The third-order valence-electron chi connectivity index (χ3n) is 8.91. The van der Waals surface area contributed by atoms with Gasteiger partial charge in [0, 0.05) is 11.5 Å². The second-order valence-corrected chi connectivity index (χ2v) is 11.1. The van der Waals surface area contributed by atoms with Gasteiger partial charge in [-0.2, -0.15) is 14.1 Å². The smallest absolute Gasteiger partial charge is 0.207 e. The number of rotatable bonds is 6. The van der Waals surface area contributed by atoms with E-state index >= 15 is 0 Å². The van der Waals surface area contributed by atoms with Gasteiger partial charge in [0.05, 0.1) is 17.2 Å². The molecule has 0 aromatic carbocycles. The van der Waals surface area contributed by atoms with Crippen molar-refractivity contribution in [2.75, 3.05) is 0 Å². The van der Waals surface area contributed by atoms with E-state index in [-0.39, 0.29) is 34.7 Å². The molecule has 0 aromatic heterocycles. The molecule has 2 saturated carbocycles. The second kappa shape index (κ2) is 7.77. The van der Waals surface area contributed by atoms with Gasteiger partial charge in [0.2, 0.25) is 6.41 Å². The average Bonchev–Trinajstić information content (AvgIpc) is 3.05. The Balaban J connectivity index is 1.95. The van der Waals surface area contributed by atoms with Gasteiger partial charge in [-0.05, 0) is 85.0 Å². The van der Waals surface area contributed by atoms with Crippen molar-refractivity contribution >= 4 is 6.41 Å². The van der Waals surface area contributed by atoms with Crippen LogP contribution in [0.3, 0.4) is 0 Å². The maximum Gasteiger partial charge on any atom is 0.207 e. The van der Waals surface area contributed by atoms with Crippen molar-refractivity contribution < 1.29 is 25.3 Å². The molecule has 0 bridgehead atoms. The normalized spacial score (nSPS) is 48.2. The van der Waals surface area contributed by atoms with Crippen LogP contribution in [0, 0.1) is 31.8 Å². The Kier molecular flexibility index (Phi) is 6.16. The molecule has 0 spiro atoms. The van der Waals surface area contributed by atoms with Crippen LogP contribution in [0.25, 0.3) is 0 Å². The van der Waals surface area contributed by atoms with Crippen LogP contribution in [-0.2, 0) is 9.53 Å². The van der Waals surface area contributed by atoms with Crippen LogP contribution < -0.4 is 16.0 Å². The lowest BCUT2D eigenvalue weighted by Crippen LogP contribution is -2.93. The molecule has 8 atom stereocenters. The summed E-state index contributed by atoms with van der Waals surface area (Å²) < 4.78 is 6.81. The summed E-state index contributed by atoms with van der Waals surface area (Å²) in [6.45, 7) is 10.8. The lowest BCUT2D eigenvalue weighted by atomic mass is 9.51. The maximum atomic E-state index is 11.4. The van der Waals surface area contributed by atoms with Crippen LogP contribution in [0.2, 0.25) is 0 Å². The van der Waals surface area contributed by atoms with E-state index in [1.807, 2.05) is 17.6 Å². The fourth-order valence-corrected chi connectivity index (χ4v) is 6.80. The first kappa shape index (κ1) is 23.0. The van der Waals surface area contributed by atoms with Crippen molar-refractivity contribution in [1.82, 2.24) is 5.32 Å². The molecule has 1 saturated heterocycles. The molecule has 0 radical (unpaired) electrons. The Morgan fingerprint density at radius 1 is 1.10 bits per heavy atom. The van der Waals surface area contributed by atoms with Gasteiger partial charge < -0.3 is 25.8 Å². The number of hydrogen-bond acceptors (Lipinski definition) is 3. The van der Waals surface area contributed by atoms with Crippen LogP contribution in [0.15, 0.2) is 0 Å². The SMILES string of the molecule is [CH2-][NH2+][C@@H]1[C@@H]2[C@@H]([C@@]3(C)CC[C@@H](C(C)(C)[NH2+][CH2-])O3)CC[C@](C)(NC=O)[C@H]2CC[C@@]1(C)O. The number of ether oxygens (including phenoxy) is 1. The zero-order valence-corrected chi connectivity index (χ0v) is 19.0. The molecule has 6 heteroatoms. The van der Waals surface area contributed by atoms with E-state index in [0.717, 1.165) is 44.9 Å². The number of nitrogens with one attached hydrogen (secondary N) is 1. The summed E-state index contributed by atoms with van der Waals surface area (Å²) in [6, 6.07) is -0.00813. The molecule has 6 nitrogen and oxygen atoms in total. The summed E-state index contributed by atoms with van der Waals surface area (Å²) in [5.41, 5.74) is -1.30. The van der Waals surface area contributed by atoms with Crippen LogP contribution in [0.5, 0.6) is 0 Å². The van der Waals surface area contributed by atoms with Crippen molar-refractivity contribution in [1.29, 1.82) is 0 Å². The minimum Gasteiger partial charge on any atom is -0.474 e. The van der Waals surface area contributed by atoms with Crippen LogP contribution in [-0.4, -0.2) is 45.9 Å². The highest BCUT2D eigenvalue weighted by Crippen LogP contribution is 2.56. The predicted molar refractivity (Wildman–Crippen MR) is 112 cm³/mol. The van der Waals surface area contributed by atoms with Crippen LogP contribution >= 0.6 is 0 Å². The molecule has 1 aliphatic heterocycles. The summed E-state index contributed by atoms with van der Waals surface area (Å²) in [4.78, 5) is 11.4. The van der Waals surface area contributed by atoms with Gasteiger partial charge in [0.1, 0.15) is 11.7 Å². The summed E-state index contributed by atoms with van der Waals surface area (Å²) in [5.74, 6) is 0.869. The Hall–Kier alpha value is -0.690. The molecule has 3 aliphatic rings. The Bertz CT molecular complexity index is 610. The highest BCUT2D eigenvalue weighted by molar-refractivity contribution is 5.48. The molecule has 2 aliphatic carbocycles. The number of hydrogen-bond donors (Lipinski definition) is 4. The van der Waals surface area contributed by atoms with Gasteiger partial charge in [-0.3, -0.25) is 4.79 Å². The van der Waals surface area contributed by atoms with Crippen molar-refractivity contribution in [3.8, 4) is 0 Å². The molecule has 168 valence electrons. The molecule has 0 unspecified atom stereocenters. The standard InChI is InChI=1S/C23H43N3O3/c1-20(2,25-7)17-10-13-23(5,29-17)16-8-11-21(3,26-14-27)15-9-12-22(4,28)19(24-6)18(15)16/h14-19,28H,6-13,24-25H2,1-5H3,(H,26,27)/t15-,16-,17-,18-,19+,21-,22+,23+/m0/s1. The highest BCUT2D eigenvalue weighted by Gasteiger charge is 2.62. The van der Waals surface area contributed by atoms with Crippen molar-refractivity contribution in [2.24, 2.45) is 17.8 Å². The first-order chi connectivity index (χ1) is 13.4. The third-order valence-corrected chi connectivity index (χ3v) is 8.91. The van der Waals surface area contributed by atoms with Crippen LogP contribution in [0.4, 0.5) is 0 Å². The fraction of sp³-hybridized carbons (Fsp3) is 0.870. The lowest BCUT2D eigenvalue weighted by Gasteiger charge is -2.59. The molecule has 1 amide bonds. The minimum absolute atomic E-state index is 0.00813. The first-order valence-electron chi connectivity index (χ1n) is 11.3. The van der Waals surface area contributed by atoms with E-state index in [1.54, 1.807) is 0 Å². The van der Waals surface area contributed by atoms with Gasteiger partial charge in [0.15, 0.2) is 0 Å². The maximum absolute atomic E-state index is 11.4. The van der Waals surface area contributed by atoms with E-state index in [9.17, 15) is 9.90 Å². The third kappa shape index (κ3) is 3.86. The average molecular weight is 410 g/mol. The van der Waals surface area contributed by atoms with E-state index in [2.05, 4.69) is 47.1 Å². The van der Waals surface area contributed by atoms with Crippen molar-refractivity contribution in [2.45, 2.75) is 108 Å². The van der Waals surface area contributed by atoms with E-state index in [4.69, 9.17) is 4.74 Å². The van der Waals surface area contributed by atoms with E-state index < -0.39 is 5.60 Å². The number of aliphatic hydroxyl groups is 1. The van der Waals surface area contributed by atoms with Crippen molar-refractivity contribution in [3.05, 3.63) is 14.1 Å². The van der Waals surface area contributed by atoms with E-state index in [1.165, 1.54) is 0 Å². The van der Waals surface area contributed by atoms with Gasteiger partial charge in [0.25, 0.3) is 0 Å². The van der Waals surface area contributed by atoms with Gasteiger partial charge in [-0.1, -0.05) is 0 Å².